The van der Waals surface area contributed by atoms with Crippen LogP contribution in [-0.4, -0.2) is 53.9 Å². The lowest BCUT2D eigenvalue weighted by molar-refractivity contribution is -0.137. The average molecular weight is 457 g/mol. The standard InChI is InChI=1S/C21H27F3N2O2.C3H8O/c22-21(23,24)17-3-1-14-5-8-26(13-16(14)11-17)20(27)15-2-4-19(12-15)25-18-6-9-28-10-7-18;1-3(2)4/h1,3,11,15,18-19,25H,2,4-10,12-13H2;3-4H,1-2H3/t15-,19?;/m0./s1. The van der Waals surface area contributed by atoms with E-state index in [1.165, 1.54) is 6.07 Å². The Labute approximate surface area is 188 Å². The number of aliphatic hydroxyl groups excluding tert-OH is 1. The zero-order valence-electron chi connectivity index (χ0n) is 19.0. The van der Waals surface area contributed by atoms with E-state index in [2.05, 4.69) is 5.32 Å². The third-order valence-corrected chi connectivity index (χ3v) is 6.33. The number of hydrogen-bond donors (Lipinski definition) is 2. The van der Waals surface area contributed by atoms with Gasteiger partial charge in [-0.05, 0) is 75.6 Å². The van der Waals surface area contributed by atoms with Crippen molar-refractivity contribution >= 4 is 5.91 Å². The molecule has 1 aromatic carbocycles. The molecule has 2 N–H and O–H groups in total. The van der Waals surface area contributed by atoms with Gasteiger partial charge in [0.25, 0.3) is 0 Å². The number of hydrogen-bond acceptors (Lipinski definition) is 4. The zero-order valence-corrected chi connectivity index (χ0v) is 19.0. The van der Waals surface area contributed by atoms with E-state index < -0.39 is 11.7 Å². The molecule has 1 unspecified atom stereocenters. The fraction of sp³-hybridized carbons (Fsp3) is 0.708. The highest BCUT2D eigenvalue weighted by atomic mass is 19.4. The molecule has 1 amide bonds. The molecule has 2 atom stereocenters. The Kier molecular flexibility index (Phi) is 8.58. The van der Waals surface area contributed by atoms with Crippen molar-refractivity contribution in [3.63, 3.8) is 0 Å². The van der Waals surface area contributed by atoms with Gasteiger partial charge in [-0.15, -0.1) is 0 Å². The number of alkyl halides is 3. The van der Waals surface area contributed by atoms with Gasteiger partial charge >= 0.3 is 6.18 Å². The molecule has 3 aliphatic rings. The van der Waals surface area contributed by atoms with Crippen LogP contribution in [0.25, 0.3) is 0 Å². The van der Waals surface area contributed by atoms with Gasteiger partial charge in [0.05, 0.1) is 5.56 Å². The number of carbonyl (C=O) groups excluding carboxylic acids is 1. The number of halogens is 3. The lowest BCUT2D eigenvalue weighted by atomic mass is 9.95. The second-order valence-corrected chi connectivity index (χ2v) is 9.35. The van der Waals surface area contributed by atoms with Crippen LogP contribution in [0.2, 0.25) is 0 Å². The number of nitrogens with one attached hydrogen (secondary N) is 1. The number of aliphatic hydroxyl groups is 1. The minimum absolute atomic E-state index is 0.0234. The Hall–Kier alpha value is -1.64. The van der Waals surface area contributed by atoms with Gasteiger partial charge in [-0.1, -0.05) is 6.07 Å². The van der Waals surface area contributed by atoms with E-state index >= 15 is 0 Å². The van der Waals surface area contributed by atoms with E-state index in [1.54, 1.807) is 24.8 Å². The summed E-state index contributed by atoms with van der Waals surface area (Å²) in [5, 5.41) is 11.7. The topological polar surface area (TPSA) is 61.8 Å². The molecule has 0 radical (unpaired) electrons. The summed E-state index contributed by atoms with van der Waals surface area (Å²) in [5.41, 5.74) is 0.911. The third-order valence-electron chi connectivity index (χ3n) is 6.33. The first-order chi connectivity index (χ1) is 15.1. The van der Waals surface area contributed by atoms with Crippen LogP contribution < -0.4 is 5.32 Å². The van der Waals surface area contributed by atoms with Crippen molar-refractivity contribution in [2.24, 2.45) is 5.92 Å². The molecule has 4 rings (SSSR count). The Bertz CT molecular complexity index is 761. The molecule has 1 saturated carbocycles. The number of ether oxygens (including phenoxy) is 1. The van der Waals surface area contributed by atoms with Gasteiger partial charge in [-0.3, -0.25) is 4.79 Å². The van der Waals surface area contributed by atoms with Gasteiger partial charge in [-0.2, -0.15) is 13.2 Å². The first-order valence-electron chi connectivity index (χ1n) is 11.6. The van der Waals surface area contributed by atoms with Crippen LogP contribution in [0.3, 0.4) is 0 Å². The first kappa shape index (κ1) is 25.0. The molecule has 1 aliphatic carbocycles. The molecule has 5 nitrogen and oxygen atoms in total. The van der Waals surface area contributed by atoms with E-state index in [9.17, 15) is 18.0 Å². The molecule has 32 heavy (non-hydrogen) atoms. The molecule has 2 aliphatic heterocycles. The number of carbonyl (C=O) groups is 1. The molecule has 2 fully saturated rings. The highest BCUT2D eigenvalue weighted by Crippen LogP contribution is 2.34. The molecule has 0 aromatic heterocycles. The smallest absolute Gasteiger partial charge is 0.394 e. The van der Waals surface area contributed by atoms with Crippen LogP contribution >= 0.6 is 0 Å². The van der Waals surface area contributed by atoms with Crippen molar-refractivity contribution in [3.8, 4) is 0 Å². The largest absolute Gasteiger partial charge is 0.416 e. The molecule has 0 spiro atoms. The summed E-state index contributed by atoms with van der Waals surface area (Å²) < 4.78 is 44.4. The highest BCUT2D eigenvalue weighted by molar-refractivity contribution is 5.79. The predicted octanol–water partition coefficient (Wildman–Crippen LogP) is 3.91. The molecule has 1 saturated heterocycles. The second-order valence-electron chi connectivity index (χ2n) is 9.35. The van der Waals surface area contributed by atoms with Crippen molar-refractivity contribution in [2.45, 2.75) is 83.3 Å². The van der Waals surface area contributed by atoms with E-state index in [-0.39, 0.29) is 24.5 Å². The average Bonchev–Trinajstić information content (AvgIpc) is 3.20. The Balaban J connectivity index is 0.000000668. The van der Waals surface area contributed by atoms with Crippen LogP contribution in [-0.2, 0) is 28.7 Å². The summed E-state index contributed by atoms with van der Waals surface area (Å²) in [4.78, 5) is 14.7. The highest BCUT2D eigenvalue weighted by Gasteiger charge is 2.36. The molecular formula is C24H35F3N2O3. The first-order valence-corrected chi connectivity index (χ1v) is 11.6. The van der Waals surface area contributed by atoms with Crippen molar-refractivity contribution in [2.75, 3.05) is 19.8 Å². The van der Waals surface area contributed by atoms with Crippen LogP contribution in [0.5, 0.6) is 0 Å². The maximum atomic E-state index is 13.0. The lowest BCUT2D eigenvalue weighted by Gasteiger charge is -2.31. The summed E-state index contributed by atoms with van der Waals surface area (Å²) >= 11 is 0. The zero-order chi connectivity index (χ0) is 23.3. The van der Waals surface area contributed by atoms with Crippen LogP contribution in [0, 0.1) is 5.92 Å². The number of amides is 1. The minimum atomic E-state index is -4.35. The summed E-state index contributed by atoms with van der Waals surface area (Å²) in [6.45, 7) is 5.90. The molecule has 2 heterocycles. The monoisotopic (exact) mass is 456 g/mol. The molecule has 0 bridgehead atoms. The summed E-state index contributed by atoms with van der Waals surface area (Å²) in [6.07, 6.45) is 0.787. The SMILES string of the molecule is CC(C)O.O=C([C@H]1CCC(NC2CCOCC2)C1)N1CCc2ccc(C(F)(F)F)cc2C1. The maximum absolute atomic E-state index is 13.0. The normalized spacial score (nSPS) is 24.2. The minimum Gasteiger partial charge on any atom is -0.394 e. The summed E-state index contributed by atoms with van der Waals surface area (Å²) in [7, 11) is 0. The summed E-state index contributed by atoms with van der Waals surface area (Å²) in [6, 6.07) is 4.73. The van der Waals surface area contributed by atoms with Gasteiger partial charge in [0.1, 0.15) is 0 Å². The third kappa shape index (κ3) is 6.93. The van der Waals surface area contributed by atoms with Gasteiger partial charge in [0.2, 0.25) is 5.91 Å². The Morgan fingerprint density at radius 2 is 1.81 bits per heavy atom. The van der Waals surface area contributed by atoms with Gasteiger partial charge in [0.15, 0.2) is 0 Å². The van der Waals surface area contributed by atoms with E-state index in [1.807, 2.05) is 0 Å². The lowest BCUT2D eigenvalue weighted by Crippen LogP contribution is -2.42. The number of benzene rings is 1. The second kappa shape index (κ2) is 11.0. The van der Waals surface area contributed by atoms with E-state index in [0.29, 0.717) is 30.6 Å². The number of nitrogens with zero attached hydrogens (tertiary/aromatic N) is 1. The number of fused-ring (bicyclic) bond motifs is 1. The van der Waals surface area contributed by atoms with Crippen LogP contribution in [0.15, 0.2) is 18.2 Å². The molecule has 1 aromatic rings. The molecular weight excluding hydrogens is 421 g/mol. The van der Waals surface area contributed by atoms with Gasteiger partial charge in [0, 0.05) is 50.4 Å². The van der Waals surface area contributed by atoms with Crippen LogP contribution in [0.1, 0.15) is 62.6 Å². The van der Waals surface area contributed by atoms with Crippen molar-refractivity contribution in [1.82, 2.24) is 10.2 Å². The maximum Gasteiger partial charge on any atom is 0.416 e. The predicted molar refractivity (Wildman–Crippen MR) is 116 cm³/mol. The quantitative estimate of drug-likeness (QED) is 0.724. The summed E-state index contributed by atoms with van der Waals surface area (Å²) in [5.74, 6) is 0.0732. The van der Waals surface area contributed by atoms with Crippen LogP contribution in [0.4, 0.5) is 13.2 Å². The fourth-order valence-electron chi connectivity index (χ4n) is 4.73. The van der Waals surface area contributed by atoms with E-state index in [4.69, 9.17) is 9.84 Å². The van der Waals surface area contributed by atoms with Crippen molar-refractivity contribution < 1.29 is 27.8 Å². The fourth-order valence-corrected chi connectivity index (χ4v) is 4.73. The Morgan fingerprint density at radius 3 is 2.47 bits per heavy atom. The van der Waals surface area contributed by atoms with Gasteiger partial charge < -0.3 is 20.1 Å². The van der Waals surface area contributed by atoms with Gasteiger partial charge in [-0.25, -0.2) is 0 Å². The van der Waals surface area contributed by atoms with E-state index in [0.717, 1.165) is 56.9 Å². The Morgan fingerprint density at radius 1 is 1.12 bits per heavy atom. The molecule has 180 valence electrons. The number of rotatable bonds is 3. The molecule has 8 heteroatoms. The van der Waals surface area contributed by atoms with Crippen molar-refractivity contribution in [3.05, 3.63) is 34.9 Å². The van der Waals surface area contributed by atoms with Crippen molar-refractivity contribution in [1.29, 1.82) is 0 Å².